The predicted octanol–water partition coefficient (Wildman–Crippen LogP) is 0.569. The first-order valence-corrected chi connectivity index (χ1v) is 5.66. The van der Waals surface area contributed by atoms with Crippen LogP contribution < -0.4 is 0 Å². The topological polar surface area (TPSA) is 116 Å². The SMILES string of the molecule is C=C(C)C(=O)OCC(C)(OC(=O)C(=C)C)OC(=O)C(=O)O. The quantitative estimate of drug-likeness (QED) is 0.327. The van der Waals surface area contributed by atoms with E-state index >= 15 is 0 Å². The van der Waals surface area contributed by atoms with Crippen molar-refractivity contribution in [3.63, 3.8) is 0 Å². The Labute approximate surface area is 121 Å². The van der Waals surface area contributed by atoms with E-state index in [2.05, 4.69) is 17.9 Å². The molecule has 0 fully saturated rings. The van der Waals surface area contributed by atoms with Crippen LogP contribution in [0.4, 0.5) is 0 Å². The summed E-state index contributed by atoms with van der Waals surface area (Å²) in [5, 5.41) is 8.50. The van der Waals surface area contributed by atoms with Crippen LogP contribution in [-0.2, 0) is 33.4 Å². The maximum Gasteiger partial charge on any atom is 0.420 e. The van der Waals surface area contributed by atoms with Crippen molar-refractivity contribution in [2.45, 2.75) is 26.6 Å². The standard InChI is InChI=1S/C13H16O8/c1-7(2)10(16)19-6-13(5,20-11(17)8(3)4)21-12(18)9(14)15/h1,3,6H2,2,4-5H3,(H,14,15). The Kier molecular flexibility index (Phi) is 6.32. The van der Waals surface area contributed by atoms with Gasteiger partial charge >= 0.3 is 23.9 Å². The van der Waals surface area contributed by atoms with Gasteiger partial charge in [0, 0.05) is 18.1 Å². The molecule has 0 saturated heterocycles. The highest BCUT2D eigenvalue weighted by atomic mass is 16.8. The number of carboxylic acid groups (broad SMARTS) is 1. The van der Waals surface area contributed by atoms with E-state index in [1.165, 1.54) is 13.8 Å². The van der Waals surface area contributed by atoms with Crippen molar-refractivity contribution < 1.29 is 38.5 Å². The lowest BCUT2D eigenvalue weighted by Gasteiger charge is -2.27. The molecule has 0 aliphatic carbocycles. The lowest BCUT2D eigenvalue weighted by atomic mass is 10.3. The van der Waals surface area contributed by atoms with Crippen molar-refractivity contribution in [1.29, 1.82) is 0 Å². The van der Waals surface area contributed by atoms with Crippen molar-refractivity contribution >= 4 is 23.9 Å². The largest absolute Gasteiger partial charge is 0.473 e. The van der Waals surface area contributed by atoms with Crippen molar-refractivity contribution in [2.24, 2.45) is 0 Å². The van der Waals surface area contributed by atoms with Gasteiger partial charge in [-0.15, -0.1) is 0 Å². The first-order valence-electron chi connectivity index (χ1n) is 5.66. The van der Waals surface area contributed by atoms with Crippen LogP contribution >= 0.6 is 0 Å². The molecule has 8 heteroatoms. The van der Waals surface area contributed by atoms with Crippen LogP contribution in [0.3, 0.4) is 0 Å². The fourth-order valence-electron chi connectivity index (χ4n) is 0.923. The molecule has 0 heterocycles. The van der Waals surface area contributed by atoms with Gasteiger partial charge in [-0.3, -0.25) is 0 Å². The molecule has 0 aromatic carbocycles. The van der Waals surface area contributed by atoms with E-state index in [4.69, 9.17) is 14.6 Å². The van der Waals surface area contributed by atoms with E-state index < -0.39 is 36.3 Å². The lowest BCUT2D eigenvalue weighted by molar-refractivity contribution is -0.235. The first-order chi connectivity index (χ1) is 9.48. The predicted molar refractivity (Wildman–Crippen MR) is 68.8 cm³/mol. The number of hydrogen-bond donors (Lipinski definition) is 1. The van der Waals surface area contributed by atoms with Gasteiger partial charge < -0.3 is 19.3 Å². The van der Waals surface area contributed by atoms with Crippen molar-refractivity contribution in [1.82, 2.24) is 0 Å². The Morgan fingerprint density at radius 1 is 0.952 bits per heavy atom. The molecule has 21 heavy (non-hydrogen) atoms. The van der Waals surface area contributed by atoms with Gasteiger partial charge in [0.1, 0.15) is 0 Å². The van der Waals surface area contributed by atoms with Gasteiger partial charge in [-0.1, -0.05) is 13.2 Å². The summed E-state index contributed by atoms with van der Waals surface area (Å²) in [6.45, 7) is 9.74. The molecule has 8 nitrogen and oxygen atoms in total. The Morgan fingerprint density at radius 3 is 1.76 bits per heavy atom. The van der Waals surface area contributed by atoms with E-state index in [9.17, 15) is 19.2 Å². The smallest absolute Gasteiger partial charge is 0.420 e. The third-order valence-electron chi connectivity index (χ3n) is 1.95. The summed E-state index contributed by atoms with van der Waals surface area (Å²) in [7, 11) is 0. The fraction of sp³-hybridized carbons (Fsp3) is 0.385. The molecule has 1 N–H and O–H groups in total. The molecule has 0 aromatic rings. The van der Waals surface area contributed by atoms with E-state index in [-0.39, 0.29) is 11.1 Å². The zero-order valence-corrected chi connectivity index (χ0v) is 11.9. The molecule has 0 rings (SSSR count). The molecule has 0 saturated carbocycles. The number of rotatable bonds is 6. The maximum absolute atomic E-state index is 11.5. The minimum absolute atomic E-state index is 0.0150. The molecule has 0 bridgehead atoms. The minimum atomic E-state index is -2.10. The van der Waals surface area contributed by atoms with Gasteiger partial charge in [-0.05, 0) is 13.8 Å². The maximum atomic E-state index is 11.5. The molecule has 0 aliphatic rings. The number of aliphatic carboxylic acids is 1. The highest BCUT2D eigenvalue weighted by Gasteiger charge is 2.37. The zero-order valence-electron chi connectivity index (χ0n) is 11.9. The highest BCUT2D eigenvalue weighted by Crippen LogP contribution is 2.17. The van der Waals surface area contributed by atoms with Crippen LogP contribution in [0.25, 0.3) is 0 Å². The summed E-state index contributed by atoms with van der Waals surface area (Å²) in [5.74, 6) is -7.42. The molecular formula is C13H16O8. The number of carbonyl (C=O) groups is 4. The van der Waals surface area contributed by atoms with Gasteiger partial charge in [0.15, 0.2) is 6.61 Å². The van der Waals surface area contributed by atoms with Crippen molar-refractivity contribution in [3.8, 4) is 0 Å². The third-order valence-corrected chi connectivity index (χ3v) is 1.95. The molecular weight excluding hydrogens is 284 g/mol. The second-order valence-corrected chi connectivity index (χ2v) is 4.35. The normalized spacial score (nSPS) is 12.5. The third kappa shape index (κ3) is 6.37. The van der Waals surface area contributed by atoms with Gasteiger partial charge in [0.2, 0.25) is 0 Å². The van der Waals surface area contributed by atoms with Gasteiger partial charge in [0.05, 0.1) is 0 Å². The Morgan fingerprint density at radius 2 is 1.38 bits per heavy atom. The first kappa shape index (κ1) is 18.4. The number of hydrogen-bond acceptors (Lipinski definition) is 7. The molecule has 0 aliphatic heterocycles. The van der Waals surface area contributed by atoms with Crippen LogP contribution in [0.15, 0.2) is 24.3 Å². The second-order valence-electron chi connectivity index (χ2n) is 4.35. The van der Waals surface area contributed by atoms with Crippen LogP contribution in [-0.4, -0.2) is 41.4 Å². The number of carbonyl (C=O) groups excluding carboxylic acids is 3. The molecule has 0 amide bonds. The van der Waals surface area contributed by atoms with E-state index in [1.54, 1.807) is 0 Å². The molecule has 0 spiro atoms. The Balaban J connectivity index is 5.06. The summed E-state index contributed by atoms with van der Waals surface area (Å²) in [4.78, 5) is 44.3. The van der Waals surface area contributed by atoms with Crippen molar-refractivity contribution in [3.05, 3.63) is 24.3 Å². The summed E-state index contributed by atoms with van der Waals surface area (Å²) in [6, 6.07) is 0. The van der Waals surface area contributed by atoms with E-state index in [0.29, 0.717) is 0 Å². The molecule has 0 radical (unpaired) electrons. The average molecular weight is 300 g/mol. The lowest BCUT2D eigenvalue weighted by Crippen LogP contribution is -2.43. The Hall–Kier alpha value is -2.64. The minimum Gasteiger partial charge on any atom is -0.473 e. The van der Waals surface area contributed by atoms with Gasteiger partial charge in [-0.2, -0.15) is 0 Å². The summed E-state index contributed by atoms with van der Waals surface area (Å²) in [5.41, 5.74) is 0.0481. The monoisotopic (exact) mass is 300 g/mol. The van der Waals surface area contributed by atoms with Crippen molar-refractivity contribution in [2.75, 3.05) is 6.61 Å². The van der Waals surface area contributed by atoms with Crippen LogP contribution in [0.1, 0.15) is 20.8 Å². The summed E-state index contributed by atoms with van der Waals surface area (Å²) < 4.78 is 14.0. The number of esters is 3. The molecule has 1 unspecified atom stereocenters. The summed E-state index contributed by atoms with van der Waals surface area (Å²) in [6.07, 6.45) is 0. The summed E-state index contributed by atoms with van der Waals surface area (Å²) >= 11 is 0. The van der Waals surface area contributed by atoms with Gasteiger partial charge in [0.25, 0.3) is 5.79 Å². The zero-order chi connectivity index (χ0) is 16.8. The van der Waals surface area contributed by atoms with Crippen LogP contribution in [0.5, 0.6) is 0 Å². The van der Waals surface area contributed by atoms with E-state index in [0.717, 1.165) is 6.92 Å². The molecule has 0 aromatic heterocycles. The highest BCUT2D eigenvalue weighted by molar-refractivity contribution is 6.28. The molecule has 116 valence electrons. The second kappa shape index (κ2) is 7.22. The van der Waals surface area contributed by atoms with Gasteiger partial charge in [-0.25, -0.2) is 19.2 Å². The molecule has 1 atom stereocenters. The number of ether oxygens (including phenoxy) is 3. The fourth-order valence-corrected chi connectivity index (χ4v) is 0.923. The Bertz CT molecular complexity index is 474. The average Bonchev–Trinajstić information content (AvgIpc) is 2.35. The van der Waals surface area contributed by atoms with Crippen LogP contribution in [0, 0.1) is 0 Å². The van der Waals surface area contributed by atoms with Crippen LogP contribution in [0.2, 0.25) is 0 Å². The van der Waals surface area contributed by atoms with E-state index in [1.807, 2.05) is 0 Å². The number of carboxylic acids is 1.